The van der Waals surface area contributed by atoms with E-state index in [2.05, 4.69) is 40.9 Å². The Hall–Kier alpha value is -4.23. The van der Waals surface area contributed by atoms with Crippen LogP contribution in [-0.4, -0.2) is 23.0 Å². The maximum absolute atomic E-state index is 13.7. The molecule has 0 fully saturated rings. The minimum Gasteiger partial charge on any atom is -0.496 e. The zero-order valence-electron chi connectivity index (χ0n) is 22.9. The number of hydrogen-bond donors (Lipinski definition) is 0. The van der Waals surface area contributed by atoms with Gasteiger partial charge in [0.2, 0.25) is 0 Å². The average Bonchev–Trinajstić information content (AvgIpc) is 2.96. The molecule has 4 aromatic carbocycles. The van der Waals surface area contributed by atoms with Crippen molar-refractivity contribution in [1.29, 1.82) is 0 Å². The summed E-state index contributed by atoms with van der Waals surface area (Å²) in [6.45, 7) is 6.66. The van der Waals surface area contributed by atoms with Gasteiger partial charge in [0, 0.05) is 10.0 Å². The van der Waals surface area contributed by atoms with Crippen LogP contribution in [0, 0.1) is 6.92 Å². The number of methoxy groups -OCH3 is 1. The fourth-order valence-corrected chi connectivity index (χ4v) is 4.79. The molecule has 0 unspecified atom stereocenters. The third-order valence-electron chi connectivity index (χ3n) is 6.69. The zero-order valence-corrected chi connectivity index (χ0v) is 24.5. The van der Waals surface area contributed by atoms with Crippen molar-refractivity contribution in [2.24, 2.45) is 5.10 Å². The topological polar surface area (TPSA) is 65.7 Å². The first-order valence-electron chi connectivity index (χ1n) is 13.1. The second kappa shape index (κ2) is 11.9. The highest BCUT2D eigenvalue weighted by Gasteiger charge is 2.18. The van der Waals surface area contributed by atoms with E-state index < -0.39 is 0 Å². The lowest BCUT2D eigenvalue weighted by atomic mass is 9.96. The van der Waals surface area contributed by atoms with Crippen molar-refractivity contribution in [3.05, 3.63) is 122 Å². The second-order valence-corrected chi connectivity index (χ2v) is 10.8. The summed E-state index contributed by atoms with van der Waals surface area (Å²) in [5.74, 6) is 2.22. The Morgan fingerprint density at radius 1 is 1.00 bits per heavy atom. The minimum atomic E-state index is -0.235. The van der Waals surface area contributed by atoms with E-state index in [1.807, 2.05) is 79.7 Å². The molecule has 0 bridgehead atoms. The van der Waals surface area contributed by atoms with Crippen LogP contribution in [0.5, 0.6) is 11.5 Å². The number of para-hydroxylation sites is 1. The van der Waals surface area contributed by atoms with Gasteiger partial charge in [0.1, 0.15) is 18.1 Å². The number of ether oxygens (including phenoxy) is 2. The summed E-state index contributed by atoms with van der Waals surface area (Å²) >= 11 is 3.46. The fraction of sp³-hybridized carbons (Fsp3) is 0.182. The largest absolute Gasteiger partial charge is 0.496 e. The lowest BCUT2D eigenvalue weighted by Gasteiger charge is -2.17. The van der Waals surface area contributed by atoms with Crippen LogP contribution in [0.4, 0.5) is 0 Å². The molecule has 0 spiro atoms. The van der Waals surface area contributed by atoms with E-state index in [1.165, 1.54) is 4.68 Å². The van der Waals surface area contributed by atoms with Crippen molar-refractivity contribution < 1.29 is 9.47 Å². The molecule has 202 valence electrons. The van der Waals surface area contributed by atoms with Gasteiger partial charge >= 0.3 is 0 Å². The van der Waals surface area contributed by atoms with Crippen molar-refractivity contribution in [3.8, 4) is 22.9 Å². The summed E-state index contributed by atoms with van der Waals surface area (Å²) in [6.07, 6.45) is 1.66. The Kier molecular flexibility index (Phi) is 8.12. The highest BCUT2D eigenvalue weighted by Crippen LogP contribution is 2.34. The highest BCUT2D eigenvalue weighted by atomic mass is 79.9. The van der Waals surface area contributed by atoms with Crippen molar-refractivity contribution in [3.63, 3.8) is 0 Å². The first-order valence-corrected chi connectivity index (χ1v) is 13.9. The van der Waals surface area contributed by atoms with Gasteiger partial charge in [0.25, 0.3) is 5.56 Å². The molecule has 0 N–H and O–H groups in total. The molecule has 1 heterocycles. The molecule has 0 aliphatic carbocycles. The lowest BCUT2D eigenvalue weighted by molar-refractivity contribution is 0.306. The normalized spacial score (nSPS) is 11.4. The van der Waals surface area contributed by atoms with Crippen molar-refractivity contribution in [1.82, 2.24) is 9.66 Å². The number of hydrogen-bond acceptors (Lipinski definition) is 5. The van der Waals surface area contributed by atoms with E-state index in [9.17, 15) is 4.79 Å². The molecule has 0 saturated carbocycles. The van der Waals surface area contributed by atoms with E-state index in [-0.39, 0.29) is 11.5 Å². The van der Waals surface area contributed by atoms with Crippen LogP contribution < -0.4 is 15.0 Å². The molecular formula is C33H30BrN3O3. The van der Waals surface area contributed by atoms with Crippen molar-refractivity contribution >= 4 is 33.0 Å². The lowest BCUT2D eigenvalue weighted by Crippen LogP contribution is -2.20. The Balaban J connectivity index is 1.55. The van der Waals surface area contributed by atoms with Crippen molar-refractivity contribution in [2.45, 2.75) is 33.3 Å². The van der Waals surface area contributed by atoms with Crippen LogP contribution in [0.15, 0.2) is 99.3 Å². The molecular weight excluding hydrogens is 566 g/mol. The van der Waals surface area contributed by atoms with E-state index in [0.29, 0.717) is 29.1 Å². The van der Waals surface area contributed by atoms with E-state index in [1.54, 1.807) is 19.4 Å². The fourth-order valence-electron chi connectivity index (χ4n) is 4.53. The van der Waals surface area contributed by atoms with Gasteiger partial charge in [0.15, 0.2) is 5.82 Å². The summed E-state index contributed by atoms with van der Waals surface area (Å²) in [5, 5.41) is 5.16. The Morgan fingerprint density at radius 3 is 2.52 bits per heavy atom. The van der Waals surface area contributed by atoms with Gasteiger partial charge in [-0.25, -0.2) is 4.98 Å². The first-order chi connectivity index (χ1) is 19.3. The summed E-state index contributed by atoms with van der Waals surface area (Å²) in [7, 11) is 1.67. The molecule has 40 heavy (non-hydrogen) atoms. The highest BCUT2D eigenvalue weighted by molar-refractivity contribution is 9.10. The minimum absolute atomic E-state index is 0.221. The number of benzene rings is 4. The number of halogens is 1. The monoisotopic (exact) mass is 595 g/mol. The van der Waals surface area contributed by atoms with Crippen LogP contribution >= 0.6 is 15.9 Å². The maximum Gasteiger partial charge on any atom is 0.282 e. The quantitative estimate of drug-likeness (QED) is 0.172. The van der Waals surface area contributed by atoms with E-state index in [0.717, 1.165) is 38.0 Å². The molecule has 5 aromatic rings. The molecule has 0 aliphatic rings. The van der Waals surface area contributed by atoms with Gasteiger partial charge in [-0.05, 0) is 83.6 Å². The van der Waals surface area contributed by atoms with Crippen LogP contribution in [-0.2, 0) is 6.61 Å². The predicted molar refractivity (Wildman–Crippen MR) is 165 cm³/mol. The molecule has 7 heteroatoms. The standard InChI is InChI=1S/C33H30BrN3O3/c1-21(2)28-18-29(22(3)16-31(28)39-4)32-36-30-11-6-5-10-27(30)33(38)37(32)35-19-24-8-7-9-26(17-24)40-20-23-12-14-25(34)15-13-23/h5-19,21H,20H2,1-4H3. The van der Waals surface area contributed by atoms with Gasteiger partial charge in [-0.2, -0.15) is 9.78 Å². The SMILES string of the molecule is COc1cc(C)c(-c2nc3ccccc3c(=O)n2N=Cc2cccc(OCc3ccc(Br)cc3)c2)cc1C(C)C. The zero-order chi connectivity index (χ0) is 28.2. The first kappa shape index (κ1) is 27.3. The predicted octanol–water partition coefficient (Wildman–Crippen LogP) is 7.73. The van der Waals surface area contributed by atoms with Gasteiger partial charge < -0.3 is 9.47 Å². The Morgan fingerprint density at radius 2 is 1.77 bits per heavy atom. The van der Waals surface area contributed by atoms with Gasteiger partial charge in [0.05, 0.1) is 24.2 Å². The average molecular weight is 597 g/mol. The molecule has 0 atom stereocenters. The van der Waals surface area contributed by atoms with Gasteiger partial charge in [-0.1, -0.05) is 66.2 Å². The summed E-state index contributed by atoms with van der Waals surface area (Å²) in [4.78, 5) is 18.6. The van der Waals surface area contributed by atoms with Crippen LogP contribution in [0.1, 0.15) is 42.0 Å². The maximum atomic E-state index is 13.7. The third kappa shape index (κ3) is 5.84. The number of aryl methyl sites for hydroxylation is 1. The molecule has 0 radical (unpaired) electrons. The van der Waals surface area contributed by atoms with Gasteiger partial charge in [-0.15, -0.1) is 0 Å². The summed E-state index contributed by atoms with van der Waals surface area (Å²) in [5.41, 5.74) is 5.06. The Bertz CT molecular complexity index is 1760. The second-order valence-electron chi connectivity index (χ2n) is 9.87. The van der Waals surface area contributed by atoms with E-state index in [4.69, 9.17) is 14.5 Å². The third-order valence-corrected chi connectivity index (χ3v) is 7.22. The number of fused-ring (bicyclic) bond motifs is 1. The summed E-state index contributed by atoms with van der Waals surface area (Å²) in [6, 6.07) is 27.0. The van der Waals surface area contributed by atoms with Crippen molar-refractivity contribution in [2.75, 3.05) is 7.11 Å². The van der Waals surface area contributed by atoms with Gasteiger partial charge in [-0.3, -0.25) is 4.79 Å². The smallest absolute Gasteiger partial charge is 0.282 e. The van der Waals surface area contributed by atoms with Crippen LogP contribution in [0.2, 0.25) is 0 Å². The summed E-state index contributed by atoms with van der Waals surface area (Å²) < 4.78 is 14.1. The number of aromatic nitrogens is 2. The molecule has 0 amide bonds. The molecule has 1 aromatic heterocycles. The van der Waals surface area contributed by atoms with Crippen LogP contribution in [0.3, 0.4) is 0 Å². The Labute approximate surface area is 242 Å². The molecule has 5 rings (SSSR count). The molecule has 0 aliphatic heterocycles. The molecule has 6 nitrogen and oxygen atoms in total. The number of rotatable bonds is 8. The van der Waals surface area contributed by atoms with Crippen LogP contribution in [0.25, 0.3) is 22.3 Å². The van der Waals surface area contributed by atoms with E-state index >= 15 is 0 Å². The molecule has 0 saturated heterocycles. The number of nitrogens with zero attached hydrogens (tertiary/aromatic N) is 3.